The van der Waals surface area contributed by atoms with Crippen molar-refractivity contribution in [3.8, 4) is 5.75 Å². The fraction of sp³-hybridized carbons (Fsp3) is 0.222. The van der Waals surface area contributed by atoms with E-state index in [2.05, 4.69) is 5.32 Å². The number of para-hydroxylation sites is 1. The first-order valence-corrected chi connectivity index (χ1v) is 8.43. The summed E-state index contributed by atoms with van der Waals surface area (Å²) in [6, 6.07) is 11.7. The highest BCUT2D eigenvalue weighted by Crippen LogP contribution is 2.31. The molecule has 1 N–H and O–H groups in total. The summed E-state index contributed by atoms with van der Waals surface area (Å²) in [6.07, 6.45) is 0.653. The molecule has 3 rings (SSSR count). The summed E-state index contributed by atoms with van der Waals surface area (Å²) >= 11 is 11.7. The number of carbonyl (C=O) groups excluding carboxylic acids is 2. The second-order valence-corrected chi connectivity index (χ2v) is 6.40. The van der Waals surface area contributed by atoms with Crippen molar-refractivity contribution in [2.75, 3.05) is 13.2 Å². The lowest BCUT2D eigenvalue weighted by molar-refractivity contribution is -0.125. The quantitative estimate of drug-likeness (QED) is 0.820. The number of fused-ring (bicyclic) bond motifs is 1. The van der Waals surface area contributed by atoms with E-state index in [0.29, 0.717) is 23.1 Å². The third-order valence-electron chi connectivity index (χ3n) is 3.73. The van der Waals surface area contributed by atoms with Crippen molar-refractivity contribution >= 4 is 35.1 Å². The summed E-state index contributed by atoms with van der Waals surface area (Å²) in [5, 5.41) is 3.50. The Labute approximate surface area is 154 Å². The number of rotatable bonds is 4. The van der Waals surface area contributed by atoms with E-state index in [0.717, 1.165) is 11.3 Å². The molecule has 1 unspecified atom stereocenters. The van der Waals surface area contributed by atoms with Gasteiger partial charge in [-0.3, -0.25) is 4.79 Å². The predicted octanol–water partition coefficient (Wildman–Crippen LogP) is 3.79. The highest BCUT2D eigenvalue weighted by molar-refractivity contribution is 6.35. The van der Waals surface area contributed by atoms with Gasteiger partial charge in [0.2, 0.25) is 0 Å². The Hall–Kier alpha value is -2.24. The van der Waals surface area contributed by atoms with Crippen molar-refractivity contribution < 1.29 is 19.1 Å². The van der Waals surface area contributed by atoms with Crippen LogP contribution in [-0.4, -0.2) is 25.1 Å². The summed E-state index contributed by atoms with van der Waals surface area (Å²) < 4.78 is 10.6. The summed E-state index contributed by atoms with van der Waals surface area (Å²) in [5.74, 6) is -0.292. The zero-order chi connectivity index (χ0) is 17.8. The van der Waals surface area contributed by atoms with Crippen LogP contribution in [0.1, 0.15) is 28.4 Å². The van der Waals surface area contributed by atoms with Gasteiger partial charge < -0.3 is 14.8 Å². The topological polar surface area (TPSA) is 64.6 Å². The summed E-state index contributed by atoms with van der Waals surface area (Å²) in [4.78, 5) is 24.1. The molecule has 1 atom stereocenters. The van der Waals surface area contributed by atoms with Crippen LogP contribution in [0.4, 0.5) is 0 Å². The van der Waals surface area contributed by atoms with E-state index in [-0.39, 0.29) is 24.1 Å². The van der Waals surface area contributed by atoms with Crippen molar-refractivity contribution in [1.82, 2.24) is 5.32 Å². The second-order valence-electron chi connectivity index (χ2n) is 5.53. The molecule has 7 heteroatoms. The van der Waals surface area contributed by atoms with E-state index in [1.807, 2.05) is 24.3 Å². The first kappa shape index (κ1) is 17.6. The van der Waals surface area contributed by atoms with Gasteiger partial charge in [0, 0.05) is 22.0 Å². The van der Waals surface area contributed by atoms with Crippen LogP contribution in [-0.2, 0) is 9.53 Å². The third kappa shape index (κ3) is 4.44. The van der Waals surface area contributed by atoms with Crippen molar-refractivity contribution in [3.63, 3.8) is 0 Å². The van der Waals surface area contributed by atoms with Gasteiger partial charge in [-0.15, -0.1) is 0 Å². The number of benzene rings is 2. The van der Waals surface area contributed by atoms with E-state index in [1.165, 1.54) is 18.2 Å². The van der Waals surface area contributed by atoms with Crippen molar-refractivity contribution in [2.45, 2.75) is 12.5 Å². The zero-order valence-electron chi connectivity index (χ0n) is 13.1. The molecule has 130 valence electrons. The lowest BCUT2D eigenvalue weighted by Crippen LogP contribution is -2.35. The average molecular weight is 380 g/mol. The number of ether oxygens (including phenoxy) is 2. The predicted molar refractivity (Wildman–Crippen MR) is 94.2 cm³/mol. The zero-order valence-corrected chi connectivity index (χ0v) is 14.6. The highest BCUT2D eigenvalue weighted by atomic mass is 35.5. The monoisotopic (exact) mass is 379 g/mol. The minimum Gasteiger partial charge on any atom is -0.493 e. The number of nitrogens with one attached hydrogen (secondary N) is 1. The van der Waals surface area contributed by atoms with Gasteiger partial charge in [-0.2, -0.15) is 0 Å². The molecule has 2 aromatic rings. The van der Waals surface area contributed by atoms with Crippen molar-refractivity contribution in [2.24, 2.45) is 0 Å². The summed E-state index contributed by atoms with van der Waals surface area (Å²) in [5.41, 5.74) is 1.11. The molecule has 0 radical (unpaired) electrons. The molecule has 25 heavy (non-hydrogen) atoms. The summed E-state index contributed by atoms with van der Waals surface area (Å²) in [7, 11) is 0. The molecule has 2 aromatic carbocycles. The van der Waals surface area contributed by atoms with Crippen LogP contribution < -0.4 is 10.1 Å². The van der Waals surface area contributed by atoms with Gasteiger partial charge in [-0.05, 0) is 24.3 Å². The van der Waals surface area contributed by atoms with Crippen LogP contribution in [0.3, 0.4) is 0 Å². The van der Waals surface area contributed by atoms with Crippen LogP contribution in [0.2, 0.25) is 10.0 Å². The number of hydrogen-bond acceptors (Lipinski definition) is 4. The van der Waals surface area contributed by atoms with Gasteiger partial charge >= 0.3 is 5.97 Å². The Morgan fingerprint density at radius 2 is 1.88 bits per heavy atom. The molecular formula is C18H15Cl2NO4. The number of amides is 1. The molecule has 0 bridgehead atoms. The lowest BCUT2D eigenvalue weighted by atomic mass is 10.0. The summed E-state index contributed by atoms with van der Waals surface area (Å²) in [6.45, 7) is 0.130. The maximum absolute atomic E-state index is 12.1. The molecule has 0 saturated carbocycles. The van der Waals surface area contributed by atoms with Crippen LogP contribution in [0.5, 0.6) is 5.75 Å². The Kier molecular flexibility index (Phi) is 5.46. The van der Waals surface area contributed by atoms with Crippen molar-refractivity contribution in [3.05, 3.63) is 63.6 Å². The van der Waals surface area contributed by atoms with Gasteiger partial charge in [0.1, 0.15) is 5.75 Å². The number of esters is 1. The van der Waals surface area contributed by atoms with E-state index >= 15 is 0 Å². The first-order chi connectivity index (χ1) is 12.0. The SMILES string of the molecule is O=C(COC(=O)c1cc(Cl)cc(Cl)c1)NC1CCOc2ccccc21. The third-order valence-corrected chi connectivity index (χ3v) is 4.16. The first-order valence-electron chi connectivity index (χ1n) is 7.67. The van der Waals surface area contributed by atoms with Crippen LogP contribution >= 0.6 is 23.2 Å². The number of carbonyl (C=O) groups is 2. The second kappa shape index (κ2) is 7.76. The molecule has 0 aromatic heterocycles. The number of hydrogen-bond donors (Lipinski definition) is 1. The molecule has 1 heterocycles. The van der Waals surface area contributed by atoms with Gasteiger partial charge in [0.15, 0.2) is 6.61 Å². The Morgan fingerprint density at radius 3 is 2.64 bits per heavy atom. The average Bonchev–Trinajstić information content (AvgIpc) is 2.59. The molecule has 1 aliphatic heterocycles. The molecule has 0 spiro atoms. The smallest absolute Gasteiger partial charge is 0.338 e. The standard InChI is InChI=1S/C18H15Cl2NO4/c19-12-7-11(8-13(20)9-12)18(23)25-10-17(22)21-15-5-6-24-16-4-2-1-3-14(15)16/h1-4,7-9,15H,5-6,10H2,(H,21,22). The Morgan fingerprint density at radius 1 is 1.16 bits per heavy atom. The molecular weight excluding hydrogens is 365 g/mol. The Balaban J connectivity index is 1.58. The minimum absolute atomic E-state index is 0.170. The molecule has 0 saturated heterocycles. The van der Waals surface area contributed by atoms with Gasteiger partial charge in [-0.1, -0.05) is 41.4 Å². The highest BCUT2D eigenvalue weighted by Gasteiger charge is 2.23. The van der Waals surface area contributed by atoms with E-state index in [1.54, 1.807) is 0 Å². The van der Waals surface area contributed by atoms with Crippen LogP contribution in [0.25, 0.3) is 0 Å². The van der Waals surface area contributed by atoms with E-state index < -0.39 is 5.97 Å². The normalized spacial score (nSPS) is 15.7. The Bertz CT molecular complexity index is 789. The maximum atomic E-state index is 12.1. The minimum atomic E-state index is -0.660. The van der Waals surface area contributed by atoms with E-state index in [4.69, 9.17) is 32.7 Å². The fourth-order valence-electron chi connectivity index (χ4n) is 2.61. The van der Waals surface area contributed by atoms with Crippen LogP contribution in [0.15, 0.2) is 42.5 Å². The lowest BCUT2D eigenvalue weighted by Gasteiger charge is -2.26. The molecule has 5 nitrogen and oxygen atoms in total. The van der Waals surface area contributed by atoms with E-state index in [9.17, 15) is 9.59 Å². The largest absolute Gasteiger partial charge is 0.493 e. The van der Waals surface area contributed by atoms with Gasteiger partial charge in [0.25, 0.3) is 5.91 Å². The van der Waals surface area contributed by atoms with Gasteiger partial charge in [-0.25, -0.2) is 4.79 Å². The van der Waals surface area contributed by atoms with Gasteiger partial charge in [0.05, 0.1) is 18.2 Å². The molecule has 1 amide bonds. The molecule has 0 fully saturated rings. The maximum Gasteiger partial charge on any atom is 0.338 e. The van der Waals surface area contributed by atoms with Crippen LogP contribution in [0, 0.1) is 0 Å². The number of halogens is 2. The fourth-order valence-corrected chi connectivity index (χ4v) is 3.14. The molecule has 0 aliphatic carbocycles. The molecule has 1 aliphatic rings. The van der Waals surface area contributed by atoms with Crippen molar-refractivity contribution in [1.29, 1.82) is 0 Å².